The fraction of sp³-hybridized carbons (Fsp3) is 0.714. The van der Waals surface area contributed by atoms with Crippen LogP contribution in [0.1, 0.15) is 5.56 Å². The molecule has 0 aromatic heterocycles. The molecule has 13 heteroatoms. The lowest BCUT2D eigenvalue weighted by molar-refractivity contribution is -0.130. The molecule has 0 heterocycles. The van der Waals surface area contributed by atoms with Gasteiger partial charge in [0.1, 0.15) is 49.0 Å². The molecular weight excluding hydrogens is 474 g/mol. The lowest BCUT2D eigenvalue weighted by Gasteiger charge is -2.33. The number of benzene rings is 1. The van der Waals surface area contributed by atoms with Gasteiger partial charge in [-0.1, -0.05) is 12.1 Å². The minimum Gasteiger partial charge on any atom is -0.492 e. The third kappa shape index (κ3) is 9.89. The number of hydrogen-bond acceptors (Lipinski definition) is 13. The summed E-state index contributed by atoms with van der Waals surface area (Å²) in [5.74, 6) is 1.09. The summed E-state index contributed by atoms with van der Waals surface area (Å²) in [5.41, 5.74) is 0.985. The molecular formula is C21H37NO11S. The van der Waals surface area contributed by atoms with Crippen LogP contribution in [0, 0.1) is 0 Å². The van der Waals surface area contributed by atoms with E-state index < -0.39 is 62.0 Å². The predicted molar refractivity (Wildman–Crippen MR) is 123 cm³/mol. The Morgan fingerprint density at radius 2 is 1.09 bits per heavy atom. The van der Waals surface area contributed by atoms with Crippen LogP contribution in [0.4, 0.5) is 0 Å². The second-order valence-electron chi connectivity index (χ2n) is 8.01. The van der Waals surface area contributed by atoms with Gasteiger partial charge in [0.2, 0.25) is 0 Å². The Morgan fingerprint density at radius 1 is 0.676 bits per heavy atom. The zero-order valence-electron chi connectivity index (χ0n) is 18.7. The smallest absolute Gasteiger partial charge is 0.119 e. The summed E-state index contributed by atoms with van der Waals surface area (Å²) in [6.07, 6.45) is -14.0. The van der Waals surface area contributed by atoms with E-state index in [9.17, 15) is 40.9 Å². The fourth-order valence-electron chi connectivity index (χ4n) is 3.11. The van der Waals surface area contributed by atoms with Crippen LogP contribution in [-0.4, -0.2) is 144 Å². The van der Waals surface area contributed by atoms with E-state index in [4.69, 9.17) is 14.9 Å². The SMILES string of the molecule is OCC(O)C(O)C(O)C(O)CN(CCOc1ccc(CS)cc1)CC(O)C(O)C(O)C(O)CO. The normalized spacial score (nSPS) is 19.2. The Bertz CT molecular complexity index is 641. The van der Waals surface area contributed by atoms with Crippen molar-refractivity contribution in [3.63, 3.8) is 0 Å². The highest BCUT2D eigenvalue weighted by atomic mass is 32.1. The fourth-order valence-corrected chi connectivity index (χ4v) is 3.32. The van der Waals surface area contributed by atoms with Crippen molar-refractivity contribution in [2.75, 3.05) is 39.5 Å². The van der Waals surface area contributed by atoms with Crippen molar-refractivity contribution in [3.8, 4) is 5.75 Å². The standard InChI is InChI=1S/C21H37NO11S/c23-9-16(27)20(31)18(29)14(25)7-22(8-15(26)19(30)21(32)17(28)10-24)5-6-33-13-3-1-12(11-34)2-4-13/h1-4,14-21,23-32,34H,5-11H2. The maximum atomic E-state index is 10.3. The minimum atomic E-state index is -1.85. The molecule has 8 unspecified atom stereocenters. The first-order valence-electron chi connectivity index (χ1n) is 10.8. The van der Waals surface area contributed by atoms with Gasteiger partial charge in [-0.05, 0) is 17.7 Å². The van der Waals surface area contributed by atoms with Crippen molar-refractivity contribution in [3.05, 3.63) is 29.8 Å². The van der Waals surface area contributed by atoms with Crippen molar-refractivity contribution in [1.82, 2.24) is 4.90 Å². The lowest BCUT2D eigenvalue weighted by Crippen LogP contribution is -2.53. The summed E-state index contributed by atoms with van der Waals surface area (Å²) in [7, 11) is 0. The average Bonchev–Trinajstić information content (AvgIpc) is 2.85. The summed E-state index contributed by atoms with van der Waals surface area (Å²) < 4.78 is 5.63. The van der Waals surface area contributed by atoms with Crippen molar-refractivity contribution >= 4 is 12.6 Å². The van der Waals surface area contributed by atoms with Gasteiger partial charge in [0.25, 0.3) is 0 Å². The number of aliphatic hydroxyl groups is 10. The number of ether oxygens (including phenoxy) is 1. The van der Waals surface area contributed by atoms with Crippen molar-refractivity contribution < 1.29 is 55.8 Å². The molecule has 10 N–H and O–H groups in total. The van der Waals surface area contributed by atoms with Crippen LogP contribution in [0.25, 0.3) is 0 Å². The quantitative estimate of drug-likeness (QED) is 0.0896. The van der Waals surface area contributed by atoms with E-state index in [1.807, 2.05) is 12.1 Å². The first-order valence-corrected chi connectivity index (χ1v) is 11.4. The van der Waals surface area contributed by atoms with Gasteiger partial charge in [-0.15, -0.1) is 0 Å². The van der Waals surface area contributed by atoms with Gasteiger partial charge in [-0.3, -0.25) is 4.90 Å². The molecule has 1 aromatic rings. The molecule has 12 nitrogen and oxygen atoms in total. The van der Waals surface area contributed by atoms with Gasteiger partial charge in [0, 0.05) is 25.4 Å². The van der Waals surface area contributed by atoms with Crippen LogP contribution in [0.5, 0.6) is 5.75 Å². The second-order valence-corrected chi connectivity index (χ2v) is 8.32. The highest BCUT2D eigenvalue weighted by Gasteiger charge is 2.34. The van der Waals surface area contributed by atoms with E-state index in [-0.39, 0.29) is 26.2 Å². The number of nitrogens with zero attached hydrogens (tertiary/aromatic N) is 1. The summed E-state index contributed by atoms with van der Waals surface area (Å²) in [6, 6.07) is 7.10. The van der Waals surface area contributed by atoms with E-state index in [1.54, 1.807) is 12.1 Å². The monoisotopic (exact) mass is 511 g/mol. The first-order chi connectivity index (χ1) is 16.0. The Morgan fingerprint density at radius 3 is 1.47 bits per heavy atom. The largest absolute Gasteiger partial charge is 0.492 e. The number of aliphatic hydroxyl groups excluding tert-OH is 10. The van der Waals surface area contributed by atoms with Crippen molar-refractivity contribution in [2.24, 2.45) is 0 Å². The molecule has 8 atom stereocenters. The van der Waals surface area contributed by atoms with Gasteiger partial charge < -0.3 is 55.8 Å². The Balaban J connectivity index is 2.83. The molecule has 0 saturated carbocycles. The van der Waals surface area contributed by atoms with Gasteiger partial charge in [0.15, 0.2) is 0 Å². The Hall–Kier alpha value is -1.07. The molecule has 0 aliphatic carbocycles. The zero-order valence-corrected chi connectivity index (χ0v) is 19.5. The van der Waals surface area contributed by atoms with Crippen LogP contribution in [0.2, 0.25) is 0 Å². The first kappa shape index (κ1) is 31.0. The van der Waals surface area contributed by atoms with E-state index in [1.165, 1.54) is 4.90 Å². The summed E-state index contributed by atoms with van der Waals surface area (Å²) in [6.45, 7) is -2.30. The second kappa shape index (κ2) is 15.8. The summed E-state index contributed by atoms with van der Waals surface area (Å²) in [4.78, 5) is 1.36. The van der Waals surface area contributed by atoms with Crippen LogP contribution in [-0.2, 0) is 5.75 Å². The van der Waals surface area contributed by atoms with E-state index in [0.29, 0.717) is 11.5 Å². The minimum absolute atomic E-state index is 0.0511. The van der Waals surface area contributed by atoms with Crippen LogP contribution < -0.4 is 4.74 Å². The number of thiol groups is 1. The molecule has 0 saturated heterocycles. The summed E-state index contributed by atoms with van der Waals surface area (Å²) in [5, 5.41) is 97.2. The molecule has 34 heavy (non-hydrogen) atoms. The zero-order chi connectivity index (χ0) is 25.8. The number of hydrogen-bond donors (Lipinski definition) is 11. The molecule has 1 rings (SSSR count). The Labute approximate surface area is 203 Å². The molecule has 0 spiro atoms. The van der Waals surface area contributed by atoms with Crippen molar-refractivity contribution in [1.29, 1.82) is 0 Å². The molecule has 0 aliphatic heterocycles. The molecule has 198 valence electrons. The third-order valence-electron chi connectivity index (χ3n) is 5.32. The highest BCUT2D eigenvalue weighted by molar-refractivity contribution is 7.79. The lowest BCUT2D eigenvalue weighted by atomic mass is 10.0. The number of rotatable bonds is 17. The molecule has 0 radical (unpaired) electrons. The molecule has 0 fully saturated rings. The van der Waals surface area contributed by atoms with Gasteiger partial charge in [-0.2, -0.15) is 12.6 Å². The van der Waals surface area contributed by atoms with Gasteiger partial charge in [0.05, 0.1) is 25.4 Å². The molecule has 0 amide bonds. The van der Waals surface area contributed by atoms with Gasteiger partial charge in [-0.25, -0.2) is 0 Å². The maximum Gasteiger partial charge on any atom is 0.119 e. The molecule has 1 aromatic carbocycles. The molecule has 0 aliphatic rings. The van der Waals surface area contributed by atoms with E-state index in [0.717, 1.165) is 5.56 Å². The van der Waals surface area contributed by atoms with E-state index in [2.05, 4.69) is 12.6 Å². The third-order valence-corrected chi connectivity index (χ3v) is 5.69. The topological polar surface area (TPSA) is 215 Å². The predicted octanol–water partition coefficient (Wildman–Crippen LogP) is -4.33. The van der Waals surface area contributed by atoms with Crippen LogP contribution in [0.15, 0.2) is 24.3 Å². The highest BCUT2D eigenvalue weighted by Crippen LogP contribution is 2.14. The summed E-state index contributed by atoms with van der Waals surface area (Å²) >= 11 is 4.17. The van der Waals surface area contributed by atoms with Gasteiger partial charge >= 0.3 is 0 Å². The Kier molecular flexibility index (Phi) is 14.4. The molecule has 0 bridgehead atoms. The average molecular weight is 512 g/mol. The van der Waals surface area contributed by atoms with E-state index >= 15 is 0 Å². The van der Waals surface area contributed by atoms with Crippen LogP contribution >= 0.6 is 12.6 Å². The van der Waals surface area contributed by atoms with Crippen LogP contribution in [0.3, 0.4) is 0 Å². The van der Waals surface area contributed by atoms with Crippen molar-refractivity contribution in [2.45, 2.75) is 54.6 Å². The maximum absolute atomic E-state index is 10.3.